The van der Waals surface area contributed by atoms with Crippen molar-refractivity contribution < 1.29 is 29.0 Å². The lowest BCUT2D eigenvalue weighted by atomic mass is 9.97. The third-order valence-corrected chi connectivity index (χ3v) is 3.10. The van der Waals surface area contributed by atoms with Crippen LogP contribution in [0.2, 0.25) is 0 Å². The number of ether oxygens (including phenoxy) is 2. The molecule has 7 heteroatoms. The molecule has 0 saturated carbocycles. The SMILES string of the molecule is CC[C@@H](C(=O)OC)[C@H](NC(=O)OCc1ccccc1)C(=O)O. The van der Waals surface area contributed by atoms with Crippen LogP contribution in [0.4, 0.5) is 4.79 Å². The molecule has 2 atom stereocenters. The third kappa shape index (κ3) is 5.08. The smallest absolute Gasteiger partial charge is 0.408 e. The number of benzene rings is 1. The number of carboxylic acids is 1. The highest BCUT2D eigenvalue weighted by Gasteiger charge is 2.34. The van der Waals surface area contributed by atoms with Gasteiger partial charge in [0.15, 0.2) is 0 Å². The van der Waals surface area contributed by atoms with E-state index in [2.05, 4.69) is 10.1 Å². The van der Waals surface area contributed by atoms with Crippen molar-refractivity contribution >= 4 is 18.0 Å². The summed E-state index contributed by atoms with van der Waals surface area (Å²) < 4.78 is 9.50. The minimum absolute atomic E-state index is 0.00796. The molecule has 1 aromatic rings. The van der Waals surface area contributed by atoms with E-state index in [1.54, 1.807) is 31.2 Å². The Morgan fingerprint density at radius 1 is 1.23 bits per heavy atom. The number of carbonyl (C=O) groups excluding carboxylic acids is 2. The fourth-order valence-corrected chi connectivity index (χ4v) is 1.92. The molecule has 0 aliphatic carbocycles. The summed E-state index contributed by atoms with van der Waals surface area (Å²) in [5.74, 6) is -3.00. The summed E-state index contributed by atoms with van der Waals surface area (Å²) in [4.78, 5) is 34.5. The number of carbonyl (C=O) groups is 3. The summed E-state index contributed by atoms with van der Waals surface area (Å²) in [7, 11) is 1.16. The van der Waals surface area contributed by atoms with Gasteiger partial charge >= 0.3 is 18.0 Å². The number of aliphatic carboxylic acids is 1. The van der Waals surface area contributed by atoms with E-state index in [1.165, 1.54) is 0 Å². The highest BCUT2D eigenvalue weighted by molar-refractivity contribution is 5.86. The summed E-state index contributed by atoms with van der Waals surface area (Å²) in [5, 5.41) is 11.4. The molecule has 0 spiro atoms. The number of nitrogens with one attached hydrogen (secondary N) is 1. The van der Waals surface area contributed by atoms with Gasteiger partial charge in [0.25, 0.3) is 0 Å². The fraction of sp³-hybridized carbons (Fsp3) is 0.400. The second-order valence-corrected chi connectivity index (χ2v) is 4.56. The average Bonchev–Trinajstić information content (AvgIpc) is 2.53. The molecule has 7 nitrogen and oxygen atoms in total. The molecule has 0 saturated heterocycles. The van der Waals surface area contributed by atoms with Gasteiger partial charge in [0.2, 0.25) is 0 Å². The van der Waals surface area contributed by atoms with Gasteiger partial charge in [-0.15, -0.1) is 0 Å². The number of hydrogen-bond donors (Lipinski definition) is 2. The van der Waals surface area contributed by atoms with Gasteiger partial charge in [-0.2, -0.15) is 0 Å². The number of esters is 1. The van der Waals surface area contributed by atoms with Gasteiger partial charge in [-0.1, -0.05) is 37.3 Å². The van der Waals surface area contributed by atoms with Crippen LogP contribution in [-0.2, 0) is 25.7 Å². The molecule has 1 amide bonds. The highest BCUT2D eigenvalue weighted by atomic mass is 16.5. The Hall–Kier alpha value is -2.57. The Labute approximate surface area is 128 Å². The van der Waals surface area contributed by atoms with Crippen molar-refractivity contribution in [2.24, 2.45) is 5.92 Å². The van der Waals surface area contributed by atoms with E-state index in [-0.39, 0.29) is 13.0 Å². The van der Waals surface area contributed by atoms with Crippen LogP contribution in [0, 0.1) is 5.92 Å². The van der Waals surface area contributed by atoms with Crippen molar-refractivity contribution in [1.82, 2.24) is 5.32 Å². The van der Waals surface area contributed by atoms with Gasteiger partial charge in [-0.3, -0.25) is 4.79 Å². The van der Waals surface area contributed by atoms with Gasteiger partial charge in [-0.05, 0) is 12.0 Å². The van der Waals surface area contributed by atoms with Crippen LogP contribution in [0.5, 0.6) is 0 Å². The van der Waals surface area contributed by atoms with Crippen LogP contribution in [0.3, 0.4) is 0 Å². The van der Waals surface area contributed by atoms with E-state index >= 15 is 0 Å². The average molecular weight is 309 g/mol. The molecule has 0 aliphatic heterocycles. The van der Waals surface area contributed by atoms with Crippen LogP contribution in [0.15, 0.2) is 30.3 Å². The van der Waals surface area contributed by atoms with E-state index in [1.807, 2.05) is 6.07 Å². The summed E-state index contributed by atoms with van der Waals surface area (Å²) >= 11 is 0. The molecule has 0 heterocycles. The molecule has 0 radical (unpaired) electrons. The highest BCUT2D eigenvalue weighted by Crippen LogP contribution is 2.12. The Balaban J connectivity index is 2.64. The molecule has 0 aromatic heterocycles. The summed E-state index contributed by atoms with van der Waals surface area (Å²) in [6, 6.07) is 7.55. The molecule has 1 aromatic carbocycles. The first kappa shape index (κ1) is 17.5. The molecule has 120 valence electrons. The lowest BCUT2D eigenvalue weighted by Crippen LogP contribution is -2.48. The van der Waals surface area contributed by atoms with E-state index in [4.69, 9.17) is 4.74 Å². The topological polar surface area (TPSA) is 102 Å². The molecule has 22 heavy (non-hydrogen) atoms. The standard InChI is InChI=1S/C15H19NO6/c1-3-11(14(19)21-2)12(13(17)18)16-15(20)22-9-10-7-5-4-6-8-10/h4-8,11-12H,3,9H2,1-2H3,(H,16,20)(H,17,18)/t11-,12+/m1/s1. The number of alkyl carbamates (subject to hydrolysis) is 1. The number of amides is 1. The van der Waals surface area contributed by atoms with Crippen LogP contribution in [0.1, 0.15) is 18.9 Å². The molecule has 1 rings (SSSR count). The van der Waals surface area contributed by atoms with Crippen molar-refractivity contribution in [3.05, 3.63) is 35.9 Å². The second kappa shape index (κ2) is 8.66. The van der Waals surface area contributed by atoms with Gasteiger partial charge in [0.1, 0.15) is 12.6 Å². The summed E-state index contributed by atoms with van der Waals surface area (Å²) in [6.07, 6.45) is -0.693. The van der Waals surface area contributed by atoms with Crippen molar-refractivity contribution in [2.75, 3.05) is 7.11 Å². The number of carboxylic acid groups (broad SMARTS) is 1. The predicted molar refractivity (Wildman–Crippen MR) is 77.0 cm³/mol. The van der Waals surface area contributed by atoms with Crippen molar-refractivity contribution in [2.45, 2.75) is 26.0 Å². The third-order valence-electron chi connectivity index (χ3n) is 3.10. The molecule has 0 fully saturated rings. The van der Waals surface area contributed by atoms with E-state index < -0.39 is 30.0 Å². The normalized spacial score (nSPS) is 12.8. The monoisotopic (exact) mass is 309 g/mol. The Morgan fingerprint density at radius 2 is 1.86 bits per heavy atom. The number of methoxy groups -OCH3 is 1. The second-order valence-electron chi connectivity index (χ2n) is 4.56. The Morgan fingerprint density at radius 3 is 2.36 bits per heavy atom. The lowest BCUT2D eigenvalue weighted by Gasteiger charge is -2.21. The fourth-order valence-electron chi connectivity index (χ4n) is 1.92. The predicted octanol–water partition coefficient (Wildman–Crippen LogP) is 1.57. The zero-order valence-corrected chi connectivity index (χ0v) is 12.4. The molecule has 2 N–H and O–H groups in total. The first-order valence-corrected chi connectivity index (χ1v) is 6.77. The summed E-state index contributed by atoms with van der Waals surface area (Å²) in [6.45, 7) is 1.64. The molecular weight excluding hydrogens is 290 g/mol. The number of rotatable bonds is 7. The number of hydrogen-bond acceptors (Lipinski definition) is 5. The minimum atomic E-state index is -1.40. The molecule has 0 aliphatic rings. The van der Waals surface area contributed by atoms with Crippen molar-refractivity contribution in [3.8, 4) is 0 Å². The van der Waals surface area contributed by atoms with Gasteiger partial charge in [-0.25, -0.2) is 9.59 Å². The van der Waals surface area contributed by atoms with E-state index in [9.17, 15) is 19.5 Å². The van der Waals surface area contributed by atoms with Crippen LogP contribution < -0.4 is 5.32 Å². The van der Waals surface area contributed by atoms with Crippen LogP contribution in [0.25, 0.3) is 0 Å². The van der Waals surface area contributed by atoms with Gasteiger partial charge in [0, 0.05) is 0 Å². The maximum atomic E-state index is 11.7. The Bertz CT molecular complexity index is 516. The zero-order chi connectivity index (χ0) is 16.5. The van der Waals surface area contributed by atoms with Gasteiger partial charge < -0.3 is 19.9 Å². The maximum Gasteiger partial charge on any atom is 0.408 e. The van der Waals surface area contributed by atoms with Crippen LogP contribution >= 0.6 is 0 Å². The largest absolute Gasteiger partial charge is 0.480 e. The van der Waals surface area contributed by atoms with Crippen molar-refractivity contribution in [3.63, 3.8) is 0 Å². The van der Waals surface area contributed by atoms with E-state index in [0.29, 0.717) is 0 Å². The molecule has 0 unspecified atom stereocenters. The first-order chi connectivity index (χ1) is 10.5. The quantitative estimate of drug-likeness (QED) is 0.741. The lowest BCUT2D eigenvalue weighted by molar-refractivity contribution is -0.153. The van der Waals surface area contributed by atoms with E-state index in [0.717, 1.165) is 12.7 Å². The van der Waals surface area contributed by atoms with Crippen LogP contribution in [-0.4, -0.2) is 36.3 Å². The zero-order valence-electron chi connectivity index (χ0n) is 12.4. The first-order valence-electron chi connectivity index (χ1n) is 6.77. The maximum absolute atomic E-state index is 11.7. The molecular formula is C15H19NO6. The van der Waals surface area contributed by atoms with Gasteiger partial charge in [0.05, 0.1) is 13.0 Å². The summed E-state index contributed by atoms with van der Waals surface area (Å²) in [5.41, 5.74) is 0.768. The van der Waals surface area contributed by atoms with Crippen molar-refractivity contribution in [1.29, 1.82) is 0 Å². The Kier molecular flexibility index (Phi) is 6.88. The minimum Gasteiger partial charge on any atom is -0.480 e. The molecule has 0 bridgehead atoms.